The van der Waals surface area contributed by atoms with Gasteiger partial charge in [-0.15, -0.1) is 11.8 Å². The fourth-order valence-corrected chi connectivity index (χ4v) is 2.97. The minimum atomic E-state index is -0.910. The number of hydrogen-bond acceptors (Lipinski definition) is 5. The van der Waals surface area contributed by atoms with Crippen LogP contribution in [-0.4, -0.2) is 27.2 Å². The molecule has 1 aromatic heterocycles. The Bertz CT molecular complexity index is 625. The summed E-state index contributed by atoms with van der Waals surface area (Å²) in [4.78, 5) is 19.7. The molecule has 5 nitrogen and oxygen atoms in total. The van der Waals surface area contributed by atoms with Gasteiger partial charge in [0.25, 0.3) is 0 Å². The minimum Gasteiger partial charge on any atom is -0.368 e. The standard InChI is InChI=1S/C15H20N4OS/c1-15(17,14(16)20)8-4-5-9-21-13-11-6-2-3-7-12(11)18-10-19-13/h2-3,6-7,10H,4-5,8-9,17H2,1H3,(H2,16,20). The molecule has 1 amide bonds. The summed E-state index contributed by atoms with van der Waals surface area (Å²) < 4.78 is 0. The number of amides is 1. The van der Waals surface area contributed by atoms with Crippen molar-refractivity contribution in [2.24, 2.45) is 11.5 Å². The highest BCUT2D eigenvalue weighted by Crippen LogP contribution is 2.25. The lowest BCUT2D eigenvalue weighted by Crippen LogP contribution is -2.49. The predicted molar refractivity (Wildman–Crippen MR) is 85.9 cm³/mol. The van der Waals surface area contributed by atoms with E-state index in [1.54, 1.807) is 25.0 Å². The molecule has 0 fully saturated rings. The van der Waals surface area contributed by atoms with Crippen LogP contribution in [0.2, 0.25) is 0 Å². The van der Waals surface area contributed by atoms with Crippen LogP contribution in [0, 0.1) is 0 Å². The molecule has 0 saturated heterocycles. The van der Waals surface area contributed by atoms with Gasteiger partial charge in [-0.05, 0) is 31.6 Å². The van der Waals surface area contributed by atoms with Crippen LogP contribution in [0.1, 0.15) is 26.2 Å². The highest BCUT2D eigenvalue weighted by Gasteiger charge is 2.24. The molecule has 6 heteroatoms. The zero-order valence-corrected chi connectivity index (χ0v) is 12.9. The molecule has 0 spiro atoms. The summed E-state index contributed by atoms with van der Waals surface area (Å²) in [5, 5.41) is 2.07. The van der Waals surface area contributed by atoms with Crippen LogP contribution in [0.25, 0.3) is 10.9 Å². The smallest absolute Gasteiger partial charge is 0.237 e. The lowest BCUT2D eigenvalue weighted by atomic mass is 9.96. The number of para-hydroxylation sites is 1. The quantitative estimate of drug-likeness (QED) is 0.464. The SMILES string of the molecule is CC(N)(CCCCSc1ncnc2ccccc12)C(N)=O. The Morgan fingerprint density at radius 2 is 2.05 bits per heavy atom. The van der Waals surface area contributed by atoms with Crippen LogP contribution in [-0.2, 0) is 4.79 Å². The van der Waals surface area contributed by atoms with Crippen molar-refractivity contribution in [3.8, 4) is 0 Å². The van der Waals surface area contributed by atoms with Crippen molar-refractivity contribution >= 4 is 28.6 Å². The summed E-state index contributed by atoms with van der Waals surface area (Å²) in [6.45, 7) is 1.68. The van der Waals surface area contributed by atoms with Crippen LogP contribution in [0.3, 0.4) is 0 Å². The number of fused-ring (bicyclic) bond motifs is 1. The molecule has 0 aliphatic heterocycles. The van der Waals surface area contributed by atoms with E-state index in [1.807, 2.05) is 24.3 Å². The second kappa shape index (κ2) is 6.87. The normalized spacial score (nSPS) is 14.0. The van der Waals surface area contributed by atoms with Gasteiger partial charge >= 0.3 is 0 Å². The third-order valence-corrected chi connectivity index (χ3v) is 4.49. The Hall–Kier alpha value is -1.66. The van der Waals surface area contributed by atoms with Crippen molar-refractivity contribution in [3.05, 3.63) is 30.6 Å². The van der Waals surface area contributed by atoms with Crippen molar-refractivity contribution in [1.82, 2.24) is 9.97 Å². The molecule has 0 aliphatic rings. The van der Waals surface area contributed by atoms with Crippen molar-refractivity contribution in [3.63, 3.8) is 0 Å². The molecule has 0 saturated carbocycles. The lowest BCUT2D eigenvalue weighted by molar-refractivity contribution is -0.122. The number of hydrogen-bond donors (Lipinski definition) is 2. The van der Waals surface area contributed by atoms with Gasteiger partial charge in [-0.2, -0.15) is 0 Å². The Morgan fingerprint density at radius 1 is 1.29 bits per heavy atom. The molecule has 1 aromatic carbocycles. The number of benzene rings is 1. The van der Waals surface area contributed by atoms with Gasteiger partial charge in [0, 0.05) is 5.39 Å². The van der Waals surface area contributed by atoms with Gasteiger partial charge in [-0.3, -0.25) is 4.79 Å². The van der Waals surface area contributed by atoms with Crippen molar-refractivity contribution in [2.45, 2.75) is 36.8 Å². The van der Waals surface area contributed by atoms with Gasteiger partial charge in [0.2, 0.25) is 5.91 Å². The number of unbranched alkanes of at least 4 members (excludes halogenated alkanes) is 1. The van der Waals surface area contributed by atoms with E-state index in [4.69, 9.17) is 11.5 Å². The van der Waals surface area contributed by atoms with Crippen LogP contribution in [0.4, 0.5) is 0 Å². The maximum absolute atomic E-state index is 11.1. The summed E-state index contributed by atoms with van der Waals surface area (Å²) in [7, 11) is 0. The van der Waals surface area contributed by atoms with E-state index >= 15 is 0 Å². The Labute approximate surface area is 128 Å². The highest BCUT2D eigenvalue weighted by atomic mass is 32.2. The van der Waals surface area contributed by atoms with Crippen molar-refractivity contribution in [2.75, 3.05) is 5.75 Å². The summed E-state index contributed by atoms with van der Waals surface area (Å²) in [5.41, 5.74) is 11.1. The van der Waals surface area contributed by atoms with Crippen LogP contribution in [0.5, 0.6) is 0 Å². The van der Waals surface area contributed by atoms with Gasteiger partial charge < -0.3 is 11.5 Å². The van der Waals surface area contributed by atoms with Gasteiger partial charge in [-0.25, -0.2) is 9.97 Å². The van der Waals surface area contributed by atoms with E-state index in [-0.39, 0.29) is 0 Å². The molecule has 112 valence electrons. The van der Waals surface area contributed by atoms with Crippen molar-refractivity contribution < 1.29 is 4.79 Å². The summed E-state index contributed by atoms with van der Waals surface area (Å²) in [5.74, 6) is 0.479. The molecular formula is C15H20N4OS. The Kier molecular flexibility index (Phi) is 5.14. The summed E-state index contributed by atoms with van der Waals surface area (Å²) in [6.07, 6.45) is 4.02. The molecule has 21 heavy (non-hydrogen) atoms. The van der Waals surface area contributed by atoms with Gasteiger partial charge in [0.1, 0.15) is 11.4 Å². The van der Waals surface area contributed by atoms with Gasteiger partial charge in [0.05, 0.1) is 11.1 Å². The van der Waals surface area contributed by atoms with Gasteiger partial charge in [0.15, 0.2) is 0 Å². The molecule has 4 N–H and O–H groups in total. The fourth-order valence-electron chi connectivity index (χ4n) is 1.98. The zero-order chi connectivity index (χ0) is 15.3. The van der Waals surface area contributed by atoms with E-state index < -0.39 is 11.4 Å². The van der Waals surface area contributed by atoms with E-state index in [1.165, 1.54) is 0 Å². The first-order valence-corrected chi connectivity index (χ1v) is 7.90. The number of aromatic nitrogens is 2. The third kappa shape index (κ3) is 4.15. The van der Waals surface area contributed by atoms with E-state index in [9.17, 15) is 4.79 Å². The highest BCUT2D eigenvalue weighted by molar-refractivity contribution is 7.99. The van der Waals surface area contributed by atoms with E-state index in [0.29, 0.717) is 6.42 Å². The average Bonchev–Trinajstić information content (AvgIpc) is 2.47. The van der Waals surface area contributed by atoms with Crippen LogP contribution < -0.4 is 11.5 Å². The molecule has 0 bridgehead atoms. The minimum absolute atomic E-state index is 0.447. The first-order valence-electron chi connectivity index (χ1n) is 6.92. The molecule has 2 aromatic rings. The monoisotopic (exact) mass is 304 g/mol. The maximum atomic E-state index is 11.1. The number of carbonyl (C=O) groups excluding carboxylic acids is 1. The number of rotatable bonds is 7. The maximum Gasteiger partial charge on any atom is 0.237 e. The zero-order valence-electron chi connectivity index (χ0n) is 12.1. The first-order chi connectivity index (χ1) is 10.0. The second-order valence-corrected chi connectivity index (χ2v) is 6.37. The number of nitrogens with zero attached hydrogens (tertiary/aromatic N) is 2. The topological polar surface area (TPSA) is 94.9 Å². The number of thioether (sulfide) groups is 1. The van der Waals surface area contributed by atoms with E-state index in [0.717, 1.165) is 34.5 Å². The Morgan fingerprint density at radius 3 is 2.81 bits per heavy atom. The summed E-state index contributed by atoms with van der Waals surface area (Å²) in [6, 6.07) is 7.97. The largest absolute Gasteiger partial charge is 0.368 e. The lowest BCUT2D eigenvalue weighted by Gasteiger charge is -2.19. The predicted octanol–water partition coefficient (Wildman–Crippen LogP) is 2.09. The Balaban J connectivity index is 1.85. The van der Waals surface area contributed by atoms with Crippen molar-refractivity contribution in [1.29, 1.82) is 0 Å². The molecular weight excluding hydrogens is 284 g/mol. The number of primary amides is 1. The second-order valence-electron chi connectivity index (χ2n) is 5.28. The number of carbonyl (C=O) groups is 1. The molecule has 1 atom stereocenters. The molecule has 1 heterocycles. The number of nitrogens with two attached hydrogens (primary N) is 2. The first kappa shape index (κ1) is 15.7. The summed E-state index contributed by atoms with van der Waals surface area (Å²) >= 11 is 1.70. The van der Waals surface area contributed by atoms with Crippen LogP contribution >= 0.6 is 11.8 Å². The molecule has 0 radical (unpaired) electrons. The van der Waals surface area contributed by atoms with E-state index in [2.05, 4.69) is 9.97 Å². The third-order valence-electron chi connectivity index (χ3n) is 3.40. The van der Waals surface area contributed by atoms with Gasteiger partial charge in [-0.1, -0.05) is 24.6 Å². The fraction of sp³-hybridized carbons (Fsp3) is 0.400. The van der Waals surface area contributed by atoms with Crippen LogP contribution in [0.15, 0.2) is 35.6 Å². The molecule has 0 aliphatic carbocycles. The molecule has 1 unspecified atom stereocenters. The average molecular weight is 304 g/mol. The molecule has 2 rings (SSSR count).